The molecule has 0 bridgehead atoms. The Labute approximate surface area is 273 Å². The number of fused-ring (bicyclic) bond motifs is 1. The van der Waals surface area contributed by atoms with Gasteiger partial charge in [0, 0.05) is 41.9 Å². The monoisotopic (exact) mass is 661 g/mol. The number of aromatic hydroxyl groups is 2. The lowest BCUT2D eigenvalue weighted by Crippen LogP contribution is -2.26. The van der Waals surface area contributed by atoms with Crippen LogP contribution in [-0.4, -0.2) is 46.3 Å². The number of hydrogen-bond acceptors (Lipinski definition) is 10. The zero-order valence-corrected chi connectivity index (χ0v) is 25.9. The lowest BCUT2D eigenvalue weighted by atomic mass is 9.95. The highest BCUT2D eigenvalue weighted by molar-refractivity contribution is 6.06. The third-order valence-corrected chi connectivity index (χ3v) is 7.38. The number of pyridine rings is 1. The van der Waals surface area contributed by atoms with Crippen LogP contribution in [0.15, 0.2) is 85.1 Å². The van der Waals surface area contributed by atoms with Gasteiger partial charge in [-0.05, 0) is 66.9 Å². The molecular weight excluding hydrogens is 628 g/mol. The number of phenolic OH excluding ortho intramolecular Hbond substituents is 2. The lowest BCUT2D eigenvalue weighted by Gasteiger charge is -2.13. The number of phenols is 2. The first kappa shape index (κ1) is 34.8. The van der Waals surface area contributed by atoms with Gasteiger partial charge in [0.25, 0.3) is 0 Å². The Balaban J connectivity index is 0.000000234. The third-order valence-electron chi connectivity index (χ3n) is 7.38. The molecule has 250 valence electrons. The maximum atomic E-state index is 12.3. The van der Waals surface area contributed by atoms with E-state index in [9.17, 15) is 23.5 Å². The molecule has 0 amide bonds. The number of aliphatic carboxylic acids is 1. The highest BCUT2D eigenvalue weighted by Crippen LogP contribution is 2.47. The van der Waals surface area contributed by atoms with E-state index in [0.717, 1.165) is 29.1 Å². The largest absolute Gasteiger partial charge is 0.506 e. The maximum absolute atomic E-state index is 12.3. The summed E-state index contributed by atoms with van der Waals surface area (Å²) in [6.07, 6.45) is 2.59. The first-order valence-electron chi connectivity index (χ1n) is 14.4. The van der Waals surface area contributed by atoms with Gasteiger partial charge in [-0.2, -0.15) is 0 Å². The number of halogens is 2. The second-order valence-corrected chi connectivity index (χ2v) is 10.7. The fourth-order valence-electron chi connectivity index (χ4n) is 4.48. The van der Waals surface area contributed by atoms with Gasteiger partial charge in [-0.15, -0.1) is 0 Å². The number of carboxylic acid groups (broad SMARTS) is 1. The minimum Gasteiger partial charge on any atom is -0.506 e. The summed E-state index contributed by atoms with van der Waals surface area (Å²) in [6.45, 7) is 0. The molecule has 0 unspecified atom stereocenters. The quantitative estimate of drug-likeness (QED) is 0.0719. The van der Waals surface area contributed by atoms with Gasteiger partial charge in [0.15, 0.2) is 28.8 Å². The van der Waals surface area contributed by atoms with Gasteiger partial charge in [0.05, 0.1) is 25.4 Å². The number of carbonyl (C=O) groups is 2. The molecule has 1 heterocycles. The van der Waals surface area contributed by atoms with Gasteiger partial charge in [-0.25, -0.2) is 8.78 Å². The van der Waals surface area contributed by atoms with Crippen molar-refractivity contribution < 1.29 is 47.9 Å². The predicted octanol–water partition coefficient (Wildman–Crippen LogP) is 6.25. The Morgan fingerprint density at radius 2 is 1.50 bits per heavy atom. The number of aromatic nitrogens is 1. The summed E-state index contributed by atoms with van der Waals surface area (Å²) in [6, 6.07) is 19.6. The molecule has 48 heavy (non-hydrogen) atoms. The van der Waals surface area contributed by atoms with E-state index >= 15 is 0 Å². The first-order valence-corrected chi connectivity index (χ1v) is 14.4. The van der Waals surface area contributed by atoms with Crippen molar-refractivity contribution in [1.29, 1.82) is 0 Å². The van der Waals surface area contributed by atoms with E-state index < -0.39 is 28.8 Å². The summed E-state index contributed by atoms with van der Waals surface area (Å²) in [7, 11) is 3.13. The van der Waals surface area contributed by atoms with Gasteiger partial charge < -0.3 is 41.0 Å². The second-order valence-electron chi connectivity index (χ2n) is 10.7. The number of nitrogens with two attached hydrogens (primary N) is 2. The Morgan fingerprint density at radius 3 is 2.04 bits per heavy atom. The molecule has 1 fully saturated rings. The number of anilines is 2. The van der Waals surface area contributed by atoms with E-state index in [2.05, 4.69) is 4.98 Å². The SMILES string of the molecule is COc1cc2nccc(Oc3ccc(CC(=O)C4(C(=O)O)CC4)cc3)c2cc1OC.Nc1ccc(F)c(O)c1.Nc1ccc(F)cc1O. The van der Waals surface area contributed by atoms with Crippen LogP contribution in [0.25, 0.3) is 10.9 Å². The van der Waals surface area contributed by atoms with E-state index in [1.165, 1.54) is 18.2 Å². The Bertz CT molecular complexity index is 1880. The van der Waals surface area contributed by atoms with E-state index in [0.29, 0.717) is 47.0 Å². The second kappa shape index (κ2) is 15.0. The molecule has 0 radical (unpaired) electrons. The van der Waals surface area contributed by atoms with Gasteiger partial charge >= 0.3 is 5.97 Å². The van der Waals surface area contributed by atoms with Crippen molar-refractivity contribution in [3.63, 3.8) is 0 Å². The van der Waals surface area contributed by atoms with Crippen LogP contribution in [-0.2, 0) is 16.0 Å². The van der Waals surface area contributed by atoms with Crippen molar-refractivity contribution in [2.45, 2.75) is 19.3 Å². The molecule has 4 aromatic carbocycles. The van der Waals surface area contributed by atoms with Gasteiger partial charge in [-0.1, -0.05) is 12.1 Å². The summed E-state index contributed by atoms with van der Waals surface area (Å²) >= 11 is 0. The Morgan fingerprint density at radius 1 is 0.833 bits per heavy atom. The maximum Gasteiger partial charge on any atom is 0.317 e. The molecule has 0 saturated heterocycles. The number of ether oxygens (including phenoxy) is 3. The number of ketones is 1. The average molecular weight is 662 g/mol. The summed E-state index contributed by atoms with van der Waals surface area (Å²) in [5.74, 6) is -0.673. The van der Waals surface area contributed by atoms with Crippen LogP contribution in [0.5, 0.6) is 34.5 Å². The van der Waals surface area contributed by atoms with Gasteiger partial charge in [0.1, 0.15) is 28.5 Å². The van der Waals surface area contributed by atoms with E-state index in [4.69, 9.17) is 35.9 Å². The molecule has 0 atom stereocenters. The molecule has 0 aliphatic heterocycles. The molecule has 1 aliphatic carbocycles. The Hall–Kier alpha value is -6.11. The smallest absolute Gasteiger partial charge is 0.317 e. The minimum atomic E-state index is -1.18. The van der Waals surface area contributed by atoms with Crippen LogP contribution in [0.1, 0.15) is 18.4 Å². The summed E-state index contributed by atoms with van der Waals surface area (Å²) in [4.78, 5) is 28.0. The van der Waals surface area contributed by atoms with Gasteiger partial charge in [-0.3, -0.25) is 14.6 Å². The number of methoxy groups -OCH3 is 2. The van der Waals surface area contributed by atoms with Crippen LogP contribution in [0.2, 0.25) is 0 Å². The molecule has 1 aliphatic rings. The molecule has 5 aromatic rings. The molecule has 1 aromatic heterocycles. The van der Waals surface area contributed by atoms with Crippen LogP contribution in [0, 0.1) is 17.0 Å². The predicted molar refractivity (Wildman–Crippen MR) is 174 cm³/mol. The molecule has 7 N–H and O–H groups in total. The van der Waals surface area contributed by atoms with Crippen molar-refractivity contribution in [2.75, 3.05) is 25.7 Å². The fourth-order valence-corrected chi connectivity index (χ4v) is 4.48. The topological polar surface area (TPSA) is 187 Å². The normalized spacial score (nSPS) is 12.4. The zero-order chi connectivity index (χ0) is 35.0. The fraction of sp³-hybridized carbons (Fsp3) is 0.171. The minimum absolute atomic E-state index is 0.0990. The molecule has 11 nitrogen and oxygen atoms in total. The lowest BCUT2D eigenvalue weighted by molar-refractivity contribution is -0.148. The first-order chi connectivity index (χ1) is 22.9. The van der Waals surface area contributed by atoms with Gasteiger partial charge in [0.2, 0.25) is 0 Å². The van der Waals surface area contributed by atoms with Crippen LogP contribution in [0.4, 0.5) is 20.2 Å². The molecule has 1 saturated carbocycles. The van der Waals surface area contributed by atoms with Crippen molar-refractivity contribution in [1.82, 2.24) is 4.98 Å². The van der Waals surface area contributed by atoms with E-state index in [1.807, 2.05) is 6.07 Å². The molecule has 0 spiro atoms. The van der Waals surface area contributed by atoms with Crippen molar-refractivity contribution in [2.24, 2.45) is 5.41 Å². The number of carboxylic acids is 1. The third kappa shape index (κ3) is 8.37. The van der Waals surface area contributed by atoms with Crippen molar-refractivity contribution >= 4 is 34.0 Å². The van der Waals surface area contributed by atoms with Crippen LogP contribution < -0.4 is 25.7 Å². The number of hydrogen-bond donors (Lipinski definition) is 5. The standard InChI is InChI=1S/C23H21NO6.2C6H6FNO/c1-28-19-12-16-17(13-20(19)29-2)24-10-7-18(16)30-15-5-3-14(4-6-15)11-21(25)23(8-9-23)22(26)27;7-5-2-1-4(8)3-6(5)9;7-4-1-2-5(8)6(9)3-4/h3-7,10,12-13H,8-9,11H2,1-2H3,(H,26,27);2*1-3,9H,8H2. The number of nitrogens with zero attached hydrogens (tertiary/aromatic N) is 1. The van der Waals surface area contributed by atoms with Crippen LogP contribution in [0.3, 0.4) is 0 Å². The summed E-state index contributed by atoms with van der Waals surface area (Å²) in [5, 5.41) is 27.4. The number of benzene rings is 4. The van der Waals surface area contributed by atoms with Crippen molar-refractivity contribution in [3.05, 3.63) is 102 Å². The molecular formula is C35H33F2N3O8. The highest BCUT2D eigenvalue weighted by atomic mass is 19.1. The molecule has 6 rings (SSSR count). The summed E-state index contributed by atoms with van der Waals surface area (Å²) < 4.78 is 41.0. The summed E-state index contributed by atoms with van der Waals surface area (Å²) in [5.41, 5.74) is 11.2. The average Bonchev–Trinajstić information content (AvgIpc) is 3.89. The number of nitrogen functional groups attached to an aromatic ring is 2. The Kier molecular flexibility index (Phi) is 10.9. The number of Topliss-reactive ketones (excluding diaryl/α,β-unsaturated/α-hetero) is 1. The van der Waals surface area contributed by atoms with Crippen LogP contribution >= 0.6 is 0 Å². The zero-order valence-electron chi connectivity index (χ0n) is 25.9. The van der Waals surface area contributed by atoms with Crippen molar-refractivity contribution in [3.8, 4) is 34.5 Å². The highest BCUT2D eigenvalue weighted by Gasteiger charge is 2.56. The van der Waals surface area contributed by atoms with E-state index in [1.54, 1.807) is 56.8 Å². The number of rotatable bonds is 8. The number of carbonyl (C=O) groups excluding carboxylic acids is 1. The van der Waals surface area contributed by atoms with E-state index in [-0.39, 0.29) is 23.6 Å². The molecule has 13 heteroatoms.